The van der Waals surface area contributed by atoms with Gasteiger partial charge in [0.15, 0.2) is 0 Å². The van der Waals surface area contributed by atoms with Crippen LogP contribution in [0, 0.1) is 12.1 Å². The molecule has 1 radical (unpaired) electrons. The average Bonchev–Trinajstić information content (AvgIpc) is 3.39. The number of halogens is 7. The van der Waals surface area contributed by atoms with Crippen molar-refractivity contribution in [3.8, 4) is 0 Å². The average molecular weight is 1150 g/mol. The molecule has 4 aromatic heterocycles. The molecule has 0 saturated heterocycles. The molecule has 14 heteroatoms. The molecule has 0 aromatic carbocycles. The van der Waals surface area contributed by atoms with Gasteiger partial charge in [-0.05, 0) is 63.5 Å². The topological polar surface area (TPSA) is 72.3 Å². The van der Waals surface area contributed by atoms with Crippen LogP contribution in [0.5, 0.6) is 0 Å². The molecule has 209 valence electrons. The molecule has 0 saturated carbocycles. The molecule has 0 spiro atoms. The van der Waals surface area contributed by atoms with Crippen molar-refractivity contribution < 1.29 is 18.6 Å². The van der Waals surface area contributed by atoms with E-state index in [9.17, 15) is 0 Å². The summed E-state index contributed by atoms with van der Waals surface area (Å²) in [7, 11) is 0. The van der Waals surface area contributed by atoms with Gasteiger partial charge < -0.3 is 32.1 Å². The maximum Gasteiger partial charge on any atom is 0.146 e. The molecular weight excluding hydrogens is 1120 g/mol. The third-order valence-electron chi connectivity index (χ3n) is 3.45. The largest absolute Gasteiger partial charge is 0.345 e. The van der Waals surface area contributed by atoms with Crippen molar-refractivity contribution >= 4 is 158 Å². The molecule has 4 heterocycles. The number of aromatic amines is 1. The van der Waals surface area contributed by atoms with Crippen molar-refractivity contribution in [1.82, 2.24) is 29.5 Å². The van der Waals surface area contributed by atoms with Gasteiger partial charge >= 0.3 is 0 Å². The van der Waals surface area contributed by atoms with Gasteiger partial charge in [0.1, 0.15) is 34.3 Å². The van der Waals surface area contributed by atoms with Crippen LogP contribution in [0.3, 0.4) is 0 Å². The van der Waals surface area contributed by atoms with Crippen LogP contribution in [-0.4, -0.2) is 37.8 Å². The Hall–Kier alpha value is 2.05. The Balaban J connectivity index is -0.000000449. The molecule has 0 unspecified atom stereocenters. The van der Waals surface area contributed by atoms with Crippen LogP contribution in [0.25, 0.3) is 22.1 Å². The number of hydrogen-bond donors (Lipinski definition) is 1. The third-order valence-corrected chi connectivity index (χ3v) is 5.69. The minimum absolute atomic E-state index is 0. The zero-order valence-electron chi connectivity index (χ0n) is 21.7. The zero-order chi connectivity index (χ0) is 28.4. The number of hydrogen-bond acceptors (Lipinski definition) is 4. The van der Waals surface area contributed by atoms with Crippen molar-refractivity contribution in [3.05, 3.63) is 47.4 Å². The predicted molar refractivity (Wildman–Crippen MR) is 202 cm³/mol. The van der Waals surface area contributed by atoms with Crippen molar-refractivity contribution in [3.63, 3.8) is 0 Å². The summed E-state index contributed by atoms with van der Waals surface area (Å²) in [5.74, 6) is 0. The monoisotopic (exact) mass is 1150 g/mol. The third kappa shape index (κ3) is 16.3. The Kier molecular flexibility index (Phi) is 30.3. The smallest absolute Gasteiger partial charge is 0.146 e. The maximum absolute atomic E-state index is 6.01. The first-order valence-corrected chi connectivity index (χ1v) is 18.0. The molecule has 4 aromatic rings. The van der Waals surface area contributed by atoms with E-state index in [2.05, 4.69) is 166 Å². The Morgan fingerprint density at radius 3 is 1.78 bits per heavy atom. The number of nitrogens with zero attached hydrogens (tertiary/aromatic N) is 5. The number of H-pyrrole nitrogens is 1. The van der Waals surface area contributed by atoms with E-state index >= 15 is 0 Å². The van der Waals surface area contributed by atoms with Gasteiger partial charge in [0.05, 0.1) is 10.8 Å². The number of alkyl halides is 2. The van der Waals surface area contributed by atoms with E-state index in [1.807, 2.05) is 42.6 Å². The predicted octanol–water partition coefficient (Wildman–Crippen LogP) is 11.0. The Labute approximate surface area is 311 Å². The minimum atomic E-state index is 0. The molecule has 6 nitrogen and oxygen atoms in total. The SMILES string of the molecule is CC.CC(C)I.CC(C)n1cc(I)c2c(Cl)ncnc21.CCI.Clc1ncnc2[nH]cc(I)c12.[CH2-]I.[V]. The number of aromatic nitrogens is 6. The fraction of sp³-hybridized carbons (Fsp3) is 0.435. The van der Waals surface area contributed by atoms with Crippen molar-refractivity contribution in [2.75, 3.05) is 4.43 Å². The van der Waals surface area contributed by atoms with Crippen molar-refractivity contribution in [2.45, 2.75) is 58.4 Å². The van der Waals surface area contributed by atoms with Gasteiger partial charge in [0.2, 0.25) is 0 Å². The van der Waals surface area contributed by atoms with Gasteiger partial charge in [-0.2, -0.15) is 0 Å². The van der Waals surface area contributed by atoms with E-state index in [1.54, 1.807) is 0 Å². The Morgan fingerprint density at radius 2 is 1.35 bits per heavy atom. The van der Waals surface area contributed by atoms with E-state index in [4.69, 9.17) is 23.2 Å². The van der Waals surface area contributed by atoms with Crippen LogP contribution in [0.4, 0.5) is 0 Å². The molecular formula is C23H32Cl2I5N6V-. The summed E-state index contributed by atoms with van der Waals surface area (Å²) in [4.78, 5) is 22.3. The second-order valence-electron chi connectivity index (χ2n) is 6.65. The van der Waals surface area contributed by atoms with E-state index < -0.39 is 0 Å². The summed E-state index contributed by atoms with van der Waals surface area (Å²) in [5, 5.41) is 2.87. The minimum Gasteiger partial charge on any atom is -0.345 e. The summed E-state index contributed by atoms with van der Waals surface area (Å²) >= 11 is 22.8. The standard InChI is InChI=1S/C9H9ClIN3.C6H3ClIN3.C3H7I.C2H5I.C2H6.CH2I.V/c1-5(2)14-3-6(11)7-8(10)12-4-13-9(7)14;7-5-4-3(8)1-9-6(4)11-2-10-5;1-3(2)4;1-2-3;2*1-2;/h3-5H,1-2H3;1-2H,(H,9,10,11);3H,1-2H3;2H2,1H3;1-2H3;1H2;/q;;;;;-1;. The van der Waals surface area contributed by atoms with E-state index in [-0.39, 0.29) is 18.6 Å². The Morgan fingerprint density at radius 1 is 0.919 bits per heavy atom. The fourth-order valence-corrected chi connectivity index (χ4v) is 4.53. The first-order valence-electron chi connectivity index (χ1n) is 10.8. The maximum atomic E-state index is 6.01. The Bertz CT molecular complexity index is 1120. The van der Waals surface area contributed by atoms with E-state index in [0.717, 1.165) is 33.1 Å². The van der Waals surface area contributed by atoms with Gasteiger partial charge in [-0.25, -0.2) is 19.9 Å². The van der Waals surface area contributed by atoms with Crippen LogP contribution in [-0.2, 0) is 18.6 Å². The van der Waals surface area contributed by atoms with Gasteiger partial charge in [0.25, 0.3) is 0 Å². The molecule has 0 atom stereocenters. The van der Waals surface area contributed by atoms with Crippen molar-refractivity contribution in [1.29, 1.82) is 0 Å². The van der Waals surface area contributed by atoms with Crippen LogP contribution >= 0.6 is 136 Å². The molecule has 0 aliphatic rings. The summed E-state index contributed by atoms with van der Waals surface area (Å²) in [6.45, 7) is 14.7. The number of rotatable bonds is 1. The van der Waals surface area contributed by atoms with E-state index in [1.165, 1.54) is 17.1 Å². The second-order valence-corrected chi connectivity index (χ2v) is 13.7. The summed E-state index contributed by atoms with van der Waals surface area (Å²) in [6, 6.07) is 0.381. The molecule has 0 aliphatic heterocycles. The second kappa shape index (κ2) is 25.7. The molecule has 0 bridgehead atoms. The normalized spacial score (nSPS) is 9.32. The van der Waals surface area contributed by atoms with Gasteiger partial charge in [-0.3, -0.25) is 4.93 Å². The van der Waals surface area contributed by atoms with Crippen LogP contribution in [0.1, 0.15) is 54.5 Å². The molecule has 0 amide bonds. The van der Waals surface area contributed by atoms with Crippen LogP contribution < -0.4 is 0 Å². The molecule has 4 rings (SSSR count). The molecule has 37 heavy (non-hydrogen) atoms. The zero-order valence-corrected chi connectivity index (χ0v) is 35.4. The fourth-order valence-electron chi connectivity index (χ4n) is 2.29. The summed E-state index contributed by atoms with van der Waals surface area (Å²) < 4.78 is 6.26. The quantitative estimate of drug-likeness (QED) is 0.0892. The van der Waals surface area contributed by atoms with E-state index in [0.29, 0.717) is 16.3 Å². The number of fused-ring (bicyclic) bond motifs is 2. The summed E-state index contributed by atoms with van der Waals surface area (Å²) in [5.41, 5.74) is 1.69. The number of nitrogens with one attached hydrogen (secondary N) is 1. The molecule has 0 aliphatic carbocycles. The van der Waals surface area contributed by atoms with Crippen LogP contribution in [0.2, 0.25) is 10.3 Å². The first kappa shape index (κ1) is 43.5. The molecule has 1 N–H and O–H groups in total. The first-order chi connectivity index (χ1) is 17.0. The van der Waals surface area contributed by atoms with Crippen molar-refractivity contribution in [2.24, 2.45) is 0 Å². The van der Waals surface area contributed by atoms with Gasteiger partial charge in [-0.15, -0.1) is 0 Å². The van der Waals surface area contributed by atoms with Crippen LogP contribution in [0.15, 0.2) is 25.0 Å². The molecule has 0 fully saturated rings. The van der Waals surface area contributed by atoms with Gasteiger partial charge in [0, 0.05) is 48.1 Å². The van der Waals surface area contributed by atoms with Gasteiger partial charge in [-0.1, -0.05) is 103 Å². The summed E-state index contributed by atoms with van der Waals surface area (Å²) in [6.07, 6.45) is 6.85.